The van der Waals surface area contributed by atoms with Crippen LogP contribution in [-0.2, 0) is 9.59 Å². The van der Waals surface area contributed by atoms with Crippen LogP contribution in [0.25, 0.3) is 0 Å². The van der Waals surface area contributed by atoms with Gasteiger partial charge in [0.1, 0.15) is 6.04 Å². The number of carbonyl (C=O) groups excluding carboxylic acids is 2. The van der Waals surface area contributed by atoms with Crippen LogP contribution in [0.5, 0.6) is 0 Å². The summed E-state index contributed by atoms with van der Waals surface area (Å²) in [5.74, 6) is 0.787. The normalized spacial score (nSPS) is 20.6. The Bertz CT molecular complexity index is 342. The summed E-state index contributed by atoms with van der Waals surface area (Å²) < 4.78 is 0. The van der Waals surface area contributed by atoms with Gasteiger partial charge < -0.3 is 16.0 Å². The van der Waals surface area contributed by atoms with E-state index in [0.717, 1.165) is 19.5 Å². The molecule has 1 saturated heterocycles. The van der Waals surface area contributed by atoms with Gasteiger partial charge in [0.25, 0.3) is 0 Å². The van der Waals surface area contributed by atoms with E-state index in [1.54, 1.807) is 0 Å². The van der Waals surface area contributed by atoms with Gasteiger partial charge >= 0.3 is 0 Å². The molecule has 116 valence electrons. The molecule has 1 fully saturated rings. The summed E-state index contributed by atoms with van der Waals surface area (Å²) in [6.07, 6.45) is 1.43. The maximum absolute atomic E-state index is 12.5. The van der Waals surface area contributed by atoms with Crippen LogP contribution in [0, 0.1) is 17.8 Å². The second-order valence-electron chi connectivity index (χ2n) is 6.56. The van der Waals surface area contributed by atoms with E-state index in [1.165, 1.54) is 0 Å². The quantitative estimate of drug-likeness (QED) is 0.763. The van der Waals surface area contributed by atoms with Crippen LogP contribution >= 0.6 is 0 Å². The van der Waals surface area contributed by atoms with E-state index in [-0.39, 0.29) is 17.7 Å². The number of carbonyl (C=O) groups is 2. The van der Waals surface area contributed by atoms with Crippen LogP contribution in [0.1, 0.15) is 40.5 Å². The Kier molecular flexibility index (Phi) is 6.46. The Morgan fingerprint density at radius 1 is 1.30 bits per heavy atom. The monoisotopic (exact) mass is 283 g/mol. The molecule has 0 aromatic carbocycles. The average Bonchev–Trinajstić information content (AvgIpc) is 2.82. The molecule has 0 aromatic rings. The lowest BCUT2D eigenvalue weighted by atomic mass is 10.0. The predicted octanol–water partition coefficient (Wildman–Crippen LogP) is 0.981. The number of nitrogens with one attached hydrogen (secondary N) is 1. The van der Waals surface area contributed by atoms with E-state index < -0.39 is 6.04 Å². The molecule has 0 aromatic heterocycles. The van der Waals surface area contributed by atoms with Crippen LogP contribution in [0.4, 0.5) is 0 Å². The van der Waals surface area contributed by atoms with Crippen LogP contribution in [-0.4, -0.2) is 42.4 Å². The van der Waals surface area contributed by atoms with Crippen molar-refractivity contribution < 1.29 is 9.59 Å². The maximum atomic E-state index is 12.5. The van der Waals surface area contributed by atoms with Crippen LogP contribution in [0.3, 0.4) is 0 Å². The second-order valence-corrected chi connectivity index (χ2v) is 6.56. The molecule has 3 N–H and O–H groups in total. The smallest absolute Gasteiger partial charge is 0.245 e. The van der Waals surface area contributed by atoms with Crippen molar-refractivity contribution in [2.75, 3.05) is 19.6 Å². The summed E-state index contributed by atoms with van der Waals surface area (Å²) in [6, 6.07) is -0.419. The Hall–Kier alpha value is -1.10. The first-order chi connectivity index (χ1) is 9.35. The second kappa shape index (κ2) is 7.62. The van der Waals surface area contributed by atoms with Gasteiger partial charge in [0, 0.05) is 19.5 Å². The molecule has 0 spiro atoms. The molecule has 0 bridgehead atoms. The van der Waals surface area contributed by atoms with Crippen LogP contribution in [0.2, 0.25) is 0 Å². The fourth-order valence-electron chi connectivity index (χ4n) is 2.54. The van der Waals surface area contributed by atoms with Crippen molar-refractivity contribution in [3.05, 3.63) is 0 Å². The fraction of sp³-hybridized carbons (Fsp3) is 0.867. The molecule has 2 atom stereocenters. The molecule has 2 amide bonds. The SMILES string of the molecule is CC(C)CC(=O)NC(C(=O)N1CCC(CN)C1)C(C)C. The number of likely N-dealkylation sites (tertiary alicyclic amines) is 1. The van der Waals surface area contributed by atoms with Crippen molar-refractivity contribution in [2.45, 2.75) is 46.6 Å². The minimum Gasteiger partial charge on any atom is -0.344 e. The van der Waals surface area contributed by atoms with Gasteiger partial charge in [-0.05, 0) is 30.7 Å². The number of nitrogens with zero attached hydrogens (tertiary/aromatic N) is 1. The fourth-order valence-corrected chi connectivity index (χ4v) is 2.54. The van der Waals surface area contributed by atoms with Gasteiger partial charge in [0.2, 0.25) is 11.8 Å². The lowest BCUT2D eigenvalue weighted by Gasteiger charge is -2.27. The average molecular weight is 283 g/mol. The molecule has 1 heterocycles. The number of amides is 2. The van der Waals surface area contributed by atoms with E-state index in [4.69, 9.17) is 5.73 Å². The lowest BCUT2D eigenvalue weighted by Crippen LogP contribution is -2.51. The van der Waals surface area contributed by atoms with Crippen LogP contribution in [0.15, 0.2) is 0 Å². The van der Waals surface area contributed by atoms with Gasteiger partial charge in [0.05, 0.1) is 0 Å². The molecule has 0 saturated carbocycles. The minimum absolute atomic E-state index is 0.0352. The molecule has 20 heavy (non-hydrogen) atoms. The first kappa shape index (κ1) is 17.0. The molecule has 1 aliphatic rings. The van der Waals surface area contributed by atoms with Crippen molar-refractivity contribution >= 4 is 11.8 Å². The maximum Gasteiger partial charge on any atom is 0.245 e. The van der Waals surface area contributed by atoms with Crippen molar-refractivity contribution in [1.82, 2.24) is 10.2 Å². The third kappa shape index (κ3) is 4.78. The summed E-state index contributed by atoms with van der Waals surface area (Å²) >= 11 is 0. The molecule has 2 unspecified atom stereocenters. The van der Waals surface area contributed by atoms with Crippen molar-refractivity contribution in [2.24, 2.45) is 23.5 Å². The molecule has 0 aliphatic carbocycles. The van der Waals surface area contributed by atoms with E-state index in [9.17, 15) is 9.59 Å². The number of rotatable bonds is 6. The molecule has 1 rings (SSSR count). The summed E-state index contributed by atoms with van der Waals surface area (Å²) in [6.45, 7) is 10.0. The molecular formula is C15H29N3O2. The topological polar surface area (TPSA) is 75.4 Å². The highest BCUT2D eigenvalue weighted by Gasteiger charge is 2.32. The number of nitrogens with two attached hydrogens (primary N) is 1. The van der Waals surface area contributed by atoms with E-state index in [1.807, 2.05) is 32.6 Å². The van der Waals surface area contributed by atoms with E-state index >= 15 is 0 Å². The Labute approximate surface area is 122 Å². The van der Waals surface area contributed by atoms with Crippen molar-refractivity contribution in [3.63, 3.8) is 0 Å². The highest BCUT2D eigenvalue weighted by molar-refractivity contribution is 5.88. The summed E-state index contributed by atoms with van der Waals surface area (Å²) in [7, 11) is 0. The highest BCUT2D eigenvalue weighted by Crippen LogP contribution is 2.18. The van der Waals surface area contributed by atoms with Gasteiger partial charge in [-0.15, -0.1) is 0 Å². The van der Waals surface area contributed by atoms with E-state index in [0.29, 0.717) is 24.8 Å². The predicted molar refractivity (Wildman–Crippen MR) is 80.0 cm³/mol. The lowest BCUT2D eigenvalue weighted by molar-refractivity contribution is -0.137. The minimum atomic E-state index is -0.419. The number of hydrogen-bond acceptors (Lipinski definition) is 3. The van der Waals surface area contributed by atoms with Crippen molar-refractivity contribution in [3.8, 4) is 0 Å². The number of hydrogen-bond donors (Lipinski definition) is 2. The molecule has 5 heteroatoms. The third-order valence-electron chi connectivity index (χ3n) is 3.77. The zero-order valence-electron chi connectivity index (χ0n) is 13.2. The molecular weight excluding hydrogens is 254 g/mol. The zero-order chi connectivity index (χ0) is 15.3. The third-order valence-corrected chi connectivity index (χ3v) is 3.77. The van der Waals surface area contributed by atoms with Crippen molar-refractivity contribution in [1.29, 1.82) is 0 Å². The van der Waals surface area contributed by atoms with Gasteiger partial charge in [-0.1, -0.05) is 27.7 Å². The summed E-state index contributed by atoms with van der Waals surface area (Å²) in [4.78, 5) is 26.3. The largest absolute Gasteiger partial charge is 0.344 e. The van der Waals surface area contributed by atoms with Gasteiger partial charge in [0.15, 0.2) is 0 Å². The van der Waals surface area contributed by atoms with Crippen LogP contribution < -0.4 is 11.1 Å². The summed E-state index contributed by atoms with van der Waals surface area (Å²) in [5, 5.41) is 2.90. The van der Waals surface area contributed by atoms with Gasteiger partial charge in [-0.3, -0.25) is 9.59 Å². The molecule has 5 nitrogen and oxygen atoms in total. The first-order valence-corrected chi connectivity index (χ1v) is 7.63. The molecule has 0 radical (unpaired) electrons. The molecule has 1 aliphatic heterocycles. The summed E-state index contributed by atoms with van der Waals surface area (Å²) in [5.41, 5.74) is 5.66. The Morgan fingerprint density at radius 2 is 1.95 bits per heavy atom. The Balaban J connectivity index is 2.62. The Morgan fingerprint density at radius 3 is 2.40 bits per heavy atom. The highest BCUT2D eigenvalue weighted by atomic mass is 16.2. The van der Waals surface area contributed by atoms with E-state index in [2.05, 4.69) is 5.32 Å². The first-order valence-electron chi connectivity index (χ1n) is 7.63. The van der Waals surface area contributed by atoms with Gasteiger partial charge in [-0.25, -0.2) is 0 Å². The standard InChI is InChI=1S/C15H29N3O2/c1-10(2)7-13(19)17-14(11(3)4)15(20)18-6-5-12(8-16)9-18/h10-12,14H,5-9,16H2,1-4H3,(H,17,19). The van der Waals surface area contributed by atoms with Gasteiger partial charge in [-0.2, -0.15) is 0 Å². The zero-order valence-corrected chi connectivity index (χ0v) is 13.2.